The molecular weight excluding hydrogens is 577 g/mol. The Labute approximate surface area is 129 Å². The van der Waals surface area contributed by atoms with Gasteiger partial charge in [-0.1, -0.05) is 0 Å². The van der Waals surface area contributed by atoms with Crippen LogP contribution in [0.5, 0.6) is 0 Å². The molecule has 0 heterocycles. The third-order valence-electron chi connectivity index (χ3n) is 2.97. The van der Waals surface area contributed by atoms with Gasteiger partial charge in [-0.05, 0) is 62.3 Å². The molecule has 0 aromatic heterocycles. The van der Waals surface area contributed by atoms with Crippen LogP contribution in [0.2, 0.25) is 0 Å². The van der Waals surface area contributed by atoms with E-state index in [9.17, 15) is 26.3 Å². The predicted octanol–water partition coefficient (Wildman–Crippen LogP) is 6.07. The number of hydrogen-bond donors (Lipinski definition) is 1. The van der Waals surface area contributed by atoms with Crippen molar-refractivity contribution >= 4 is 0 Å². The number of allylic oxidation sites excluding steroid dienone is 2. The Morgan fingerprint density at radius 1 is 0.609 bits per heavy atom. The largest absolute Gasteiger partial charge is 0.360 e. The minimum Gasteiger partial charge on any atom is -0.360 e. The van der Waals surface area contributed by atoms with E-state index in [-0.39, 0.29) is 0 Å². The zero-order chi connectivity index (χ0) is 19.2. The Morgan fingerprint density at radius 3 is 0.739 bits per heavy atom. The Balaban J connectivity index is -0.000000117. The van der Waals surface area contributed by atoms with Crippen molar-refractivity contribution in [1.29, 1.82) is 0 Å². The predicted molar refractivity (Wildman–Crippen MR) is 77.9 cm³/mol. The molecule has 0 saturated heterocycles. The van der Waals surface area contributed by atoms with Gasteiger partial charge in [0.2, 0.25) is 5.85 Å². The van der Waals surface area contributed by atoms with Gasteiger partial charge in [-0.2, -0.15) is 0 Å². The molecule has 1 N–H and O–H groups in total. The second-order valence-corrected chi connectivity index (χ2v) is 6.44. The molecule has 1 atom stereocenters. The summed E-state index contributed by atoms with van der Waals surface area (Å²) >= 11 is 0. The summed E-state index contributed by atoms with van der Waals surface area (Å²) in [5, 5.41) is 8.31. The number of alkyl halides is 4. The molecule has 0 bridgehead atoms. The van der Waals surface area contributed by atoms with Crippen LogP contribution in [0.1, 0.15) is 62.3 Å². The van der Waals surface area contributed by atoms with E-state index in [0.29, 0.717) is 0 Å². The van der Waals surface area contributed by atoms with E-state index in [1.165, 1.54) is 27.7 Å². The molecule has 0 aromatic rings. The summed E-state index contributed by atoms with van der Waals surface area (Å²) in [5.41, 5.74) is -5.63. The van der Waals surface area contributed by atoms with Crippen molar-refractivity contribution in [3.8, 4) is 0 Å². The monoisotopic (exact) mass is 605 g/mol. The van der Waals surface area contributed by atoms with Crippen molar-refractivity contribution in [3.63, 3.8) is 0 Å². The van der Waals surface area contributed by atoms with Crippen molar-refractivity contribution < 1.29 is 31.4 Å². The molecule has 1 unspecified atom stereocenters. The van der Waals surface area contributed by atoms with Crippen molar-refractivity contribution in [2.75, 3.05) is 0 Å². The summed E-state index contributed by atoms with van der Waals surface area (Å²) in [7, 11) is 0. The third kappa shape index (κ3) is 16.5. The topological polar surface area (TPSA) is 20.2 Å². The second-order valence-electron chi connectivity index (χ2n) is 6.44. The van der Waals surface area contributed by atoms with Crippen molar-refractivity contribution in [3.05, 3.63) is 11.7 Å². The molecule has 0 aliphatic rings. The van der Waals surface area contributed by atoms with Crippen LogP contribution in [0.25, 0.3) is 0 Å². The molecule has 0 saturated carbocycles. The molecule has 23 heavy (non-hydrogen) atoms. The minimum atomic E-state index is -2.73. The Bertz CT molecular complexity index is 277. The first-order valence-electron chi connectivity index (χ1n) is 6.61. The number of aliphatic hydroxyl groups is 1. The third-order valence-corrected chi connectivity index (χ3v) is 2.97. The molecule has 1 nitrogen and oxygen atoms in total. The zero-order valence-electron chi connectivity index (χ0n) is 15.4. The fourth-order valence-electron chi connectivity index (χ4n) is 0. The molecule has 0 spiro atoms. The fraction of sp³-hybridized carbons (Fsp3) is 0.867. The van der Waals surface area contributed by atoms with Crippen LogP contribution in [0, 0.1) is 0 Å². The van der Waals surface area contributed by atoms with Crippen LogP contribution in [0.15, 0.2) is 11.7 Å². The van der Waals surface area contributed by atoms with Gasteiger partial charge in [0, 0.05) is 0 Å². The maximum Gasteiger partial charge on any atom is 0.237 e. The first-order chi connectivity index (χ1) is 9.14. The summed E-state index contributed by atoms with van der Waals surface area (Å²) in [4.78, 5) is 0. The molecule has 138 valence electrons. The van der Waals surface area contributed by atoms with Gasteiger partial charge in [0.05, 0.1) is 0 Å². The first kappa shape index (κ1) is 29.3. The van der Waals surface area contributed by atoms with E-state index in [1.54, 1.807) is 0 Å². The molecule has 0 radical (unpaired) electrons. The van der Waals surface area contributed by atoms with Gasteiger partial charge in [-0.3, -0.25) is 0 Å². The van der Waals surface area contributed by atoms with Crippen LogP contribution in [-0.4, -0.2) is 28.0 Å². The van der Waals surface area contributed by atoms with E-state index in [0.717, 1.165) is 34.6 Å². The summed E-state index contributed by atoms with van der Waals surface area (Å²) in [6.45, 7) is 9.82. The molecule has 0 aliphatic heterocycles. The van der Waals surface area contributed by atoms with Gasteiger partial charge in [-0.15, -0.1) is 0 Å². The average Bonchev–Trinajstić information content (AvgIpc) is 2.12. The van der Waals surface area contributed by atoms with Crippen LogP contribution in [0.4, 0.5) is 26.3 Å². The molecule has 0 amide bonds. The Hall–Kier alpha value is -1.72. The fourth-order valence-corrected chi connectivity index (χ4v) is 0. The standard InChI is InChI=1S/C6H12F2.C5H10F2O.C4H6F2.Rf/c1-5(2,7)6(3,4)8;1-4(2,6)5(3,7)8;1-3(5)4(2)6;/h1-4H3;8H,1-3H3;1-2H3;. The minimum absolute atomic E-state index is 0. The van der Waals surface area contributed by atoms with Crippen LogP contribution < -0.4 is 0 Å². The molecular formula is C15H28F6ORf. The smallest absolute Gasteiger partial charge is 0.237 e. The van der Waals surface area contributed by atoms with E-state index in [4.69, 9.17) is 5.11 Å². The maximum absolute atomic E-state index is 12.5. The quantitative estimate of drug-likeness (QED) is 0.379. The first-order valence-corrected chi connectivity index (χ1v) is 6.61. The molecule has 0 aliphatic carbocycles. The van der Waals surface area contributed by atoms with Crippen molar-refractivity contribution in [2.45, 2.75) is 85.2 Å². The number of hydrogen-bond acceptors (Lipinski definition) is 1. The van der Waals surface area contributed by atoms with Gasteiger partial charge in [0.25, 0.3) is 0 Å². The van der Waals surface area contributed by atoms with Gasteiger partial charge in [0.15, 0.2) is 5.67 Å². The van der Waals surface area contributed by atoms with Gasteiger partial charge >= 0.3 is 0 Å². The van der Waals surface area contributed by atoms with Crippen molar-refractivity contribution in [2.24, 2.45) is 0 Å². The van der Waals surface area contributed by atoms with Gasteiger partial charge in [0.1, 0.15) is 23.0 Å². The van der Waals surface area contributed by atoms with E-state index < -0.39 is 34.5 Å². The molecule has 0 aromatic carbocycles. The van der Waals surface area contributed by atoms with Crippen LogP contribution in [0.3, 0.4) is 0 Å². The SMILES string of the molecule is CC(C)(F)C(C)(C)F.CC(C)(F)C(C)(O)F.CC(F)=C(C)F.[Rf]. The Kier molecular flexibility index (Phi) is 12.0. The Morgan fingerprint density at radius 2 is 0.739 bits per heavy atom. The molecule has 8 heteroatoms. The van der Waals surface area contributed by atoms with E-state index in [2.05, 4.69) is 0 Å². The van der Waals surface area contributed by atoms with E-state index in [1.807, 2.05) is 0 Å². The maximum atomic E-state index is 12.5. The summed E-state index contributed by atoms with van der Waals surface area (Å²) in [6.07, 6.45) is 0. The zero-order valence-corrected chi connectivity index (χ0v) is 21.8. The average molecular weight is 605 g/mol. The van der Waals surface area contributed by atoms with Crippen LogP contribution >= 0.6 is 0 Å². The second kappa shape index (κ2) is 9.43. The summed E-state index contributed by atoms with van der Waals surface area (Å²) in [5.74, 6) is -4.21. The normalized spacial score (nSPS) is 15.7. The van der Waals surface area contributed by atoms with Gasteiger partial charge < -0.3 is 5.11 Å². The van der Waals surface area contributed by atoms with Crippen molar-refractivity contribution in [1.82, 2.24) is 0 Å². The summed E-state index contributed by atoms with van der Waals surface area (Å²) in [6, 6.07) is 0. The van der Waals surface area contributed by atoms with Gasteiger partial charge in [-0.25, -0.2) is 26.3 Å². The molecule has 0 fully saturated rings. The molecule has 0 rings (SSSR count). The number of rotatable bonds is 2. The number of halogens is 6. The van der Waals surface area contributed by atoms with Crippen LogP contribution in [-0.2, 0) is 0 Å². The summed E-state index contributed by atoms with van der Waals surface area (Å²) < 4.78 is 72.0. The van der Waals surface area contributed by atoms with E-state index >= 15 is 0 Å².